The fourth-order valence-corrected chi connectivity index (χ4v) is 3.36. The molecule has 0 saturated carbocycles. The zero-order valence-corrected chi connectivity index (χ0v) is 12.5. The normalized spacial score (nSPS) is 16.2. The molecule has 3 aromatic rings. The highest BCUT2D eigenvalue weighted by atomic mass is 35.5. The first-order chi connectivity index (χ1) is 10.8. The van der Waals surface area contributed by atoms with Crippen LogP contribution in [0.2, 0.25) is 5.02 Å². The number of aliphatic hydroxyl groups excluding tert-OH is 1. The predicted octanol–water partition coefficient (Wildman–Crippen LogP) is 4.18. The van der Waals surface area contributed by atoms with Crippen LogP contribution in [-0.4, -0.2) is 10.3 Å². The predicted molar refractivity (Wildman–Crippen MR) is 84.9 cm³/mol. The lowest BCUT2D eigenvalue weighted by molar-refractivity contribution is 0.265. The molecule has 1 atom stereocenters. The van der Waals surface area contributed by atoms with Crippen LogP contribution in [0.25, 0.3) is 11.1 Å². The van der Waals surface area contributed by atoms with E-state index in [-0.39, 0.29) is 12.5 Å². The van der Waals surface area contributed by atoms with Gasteiger partial charge in [0.1, 0.15) is 11.5 Å². The molecule has 0 spiro atoms. The lowest BCUT2D eigenvalue weighted by atomic mass is 9.78. The summed E-state index contributed by atoms with van der Waals surface area (Å²) in [5.74, 6) is 1.04. The number of aliphatic hydroxyl groups is 1. The van der Waals surface area contributed by atoms with Crippen LogP contribution < -0.4 is 0 Å². The van der Waals surface area contributed by atoms with Gasteiger partial charge in [0.05, 0.1) is 12.2 Å². The monoisotopic (exact) mass is 311 g/mol. The molecule has 1 N–H and O–H groups in total. The Kier molecular flexibility index (Phi) is 3.25. The SMILES string of the molecule is OCc1noc2c1-c1ccccc1C(c1ccc(Cl)cc1)C2. The van der Waals surface area contributed by atoms with Crippen LogP contribution in [0.1, 0.15) is 28.5 Å². The zero-order valence-electron chi connectivity index (χ0n) is 11.8. The minimum absolute atomic E-state index is 0.112. The quantitative estimate of drug-likeness (QED) is 0.772. The molecule has 1 aliphatic carbocycles. The lowest BCUT2D eigenvalue weighted by Crippen LogP contribution is -2.12. The van der Waals surface area contributed by atoms with Crippen LogP contribution in [0.3, 0.4) is 0 Å². The Morgan fingerprint density at radius 3 is 2.68 bits per heavy atom. The smallest absolute Gasteiger partial charge is 0.145 e. The molecule has 1 aliphatic rings. The van der Waals surface area contributed by atoms with Crippen molar-refractivity contribution >= 4 is 11.6 Å². The van der Waals surface area contributed by atoms with Crippen molar-refractivity contribution in [3.05, 3.63) is 76.1 Å². The molecule has 22 heavy (non-hydrogen) atoms. The third kappa shape index (κ3) is 2.05. The number of fused-ring (bicyclic) bond motifs is 3. The van der Waals surface area contributed by atoms with Crippen molar-refractivity contribution in [1.82, 2.24) is 5.16 Å². The van der Waals surface area contributed by atoms with Gasteiger partial charge in [-0.05, 0) is 28.8 Å². The molecule has 4 heteroatoms. The van der Waals surface area contributed by atoms with Crippen molar-refractivity contribution in [2.45, 2.75) is 18.9 Å². The molecule has 4 rings (SSSR count). The molecule has 110 valence electrons. The maximum atomic E-state index is 9.48. The number of nitrogens with zero attached hydrogens (tertiary/aromatic N) is 1. The van der Waals surface area contributed by atoms with Crippen LogP contribution in [0, 0.1) is 0 Å². The number of hydrogen-bond donors (Lipinski definition) is 1. The van der Waals surface area contributed by atoms with Crippen LogP contribution in [-0.2, 0) is 13.0 Å². The van der Waals surface area contributed by atoms with Crippen LogP contribution in [0.4, 0.5) is 0 Å². The average Bonchev–Trinajstić information content (AvgIpc) is 2.98. The van der Waals surface area contributed by atoms with Gasteiger partial charge < -0.3 is 9.63 Å². The minimum atomic E-state index is -0.112. The fraction of sp³-hybridized carbons (Fsp3) is 0.167. The lowest BCUT2D eigenvalue weighted by Gasteiger charge is -2.25. The summed E-state index contributed by atoms with van der Waals surface area (Å²) >= 11 is 6.00. The number of halogens is 1. The highest BCUT2D eigenvalue weighted by Gasteiger charge is 2.30. The summed E-state index contributed by atoms with van der Waals surface area (Å²) in [5.41, 5.74) is 5.08. The third-order valence-corrected chi connectivity index (χ3v) is 4.50. The van der Waals surface area contributed by atoms with Crippen molar-refractivity contribution < 1.29 is 9.63 Å². The van der Waals surface area contributed by atoms with Crippen LogP contribution in [0.5, 0.6) is 0 Å². The summed E-state index contributed by atoms with van der Waals surface area (Å²) < 4.78 is 5.47. The number of benzene rings is 2. The van der Waals surface area contributed by atoms with E-state index in [2.05, 4.69) is 29.4 Å². The summed E-state index contributed by atoms with van der Waals surface area (Å²) in [6.07, 6.45) is 0.737. The topological polar surface area (TPSA) is 46.3 Å². The largest absolute Gasteiger partial charge is 0.390 e. The van der Waals surface area contributed by atoms with Gasteiger partial charge in [0.25, 0.3) is 0 Å². The van der Waals surface area contributed by atoms with Crippen LogP contribution in [0.15, 0.2) is 53.1 Å². The van der Waals surface area contributed by atoms with E-state index >= 15 is 0 Å². The number of aromatic nitrogens is 1. The van der Waals surface area contributed by atoms with E-state index in [9.17, 15) is 5.11 Å². The Morgan fingerprint density at radius 2 is 1.91 bits per heavy atom. The zero-order chi connectivity index (χ0) is 15.1. The molecule has 1 aromatic heterocycles. The number of rotatable bonds is 2. The summed E-state index contributed by atoms with van der Waals surface area (Å²) in [5, 5.41) is 14.2. The van der Waals surface area contributed by atoms with Gasteiger partial charge in [-0.3, -0.25) is 0 Å². The molecule has 0 amide bonds. The van der Waals surface area contributed by atoms with Gasteiger partial charge in [-0.2, -0.15) is 0 Å². The van der Waals surface area contributed by atoms with E-state index in [0.717, 1.165) is 28.3 Å². The van der Waals surface area contributed by atoms with Crippen molar-refractivity contribution in [2.75, 3.05) is 0 Å². The van der Waals surface area contributed by atoms with Crippen molar-refractivity contribution in [3.63, 3.8) is 0 Å². The van der Waals surface area contributed by atoms with Gasteiger partial charge >= 0.3 is 0 Å². The molecule has 3 nitrogen and oxygen atoms in total. The Bertz CT molecular complexity index is 823. The first kappa shape index (κ1) is 13.6. The third-order valence-electron chi connectivity index (χ3n) is 4.25. The summed E-state index contributed by atoms with van der Waals surface area (Å²) in [4.78, 5) is 0. The molecule has 0 fully saturated rings. The summed E-state index contributed by atoms with van der Waals surface area (Å²) in [6.45, 7) is -0.112. The van der Waals surface area contributed by atoms with Gasteiger partial charge in [0.2, 0.25) is 0 Å². The molecule has 0 saturated heterocycles. The van der Waals surface area contributed by atoms with Gasteiger partial charge in [0.15, 0.2) is 0 Å². The first-order valence-electron chi connectivity index (χ1n) is 7.21. The second-order valence-electron chi connectivity index (χ2n) is 5.48. The highest BCUT2D eigenvalue weighted by molar-refractivity contribution is 6.30. The maximum Gasteiger partial charge on any atom is 0.145 e. The maximum absolute atomic E-state index is 9.48. The Labute approximate surface area is 133 Å². The molecular formula is C18H14ClNO2. The summed E-state index contributed by atoms with van der Waals surface area (Å²) in [6, 6.07) is 16.2. The Morgan fingerprint density at radius 1 is 1.14 bits per heavy atom. The minimum Gasteiger partial charge on any atom is -0.390 e. The molecule has 0 bridgehead atoms. The fourth-order valence-electron chi connectivity index (χ4n) is 3.23. The molecule has 0 aliphatic heterocycles. The van der Waals surface area contributed by atoms with Crippen molar-refractivity contribution in [3.8, 4) is 11.1 Å². The second kappa shape index (κ2) is 5.27. The van der Waals surface area contributed by atoms with Crippen molar-refractivity contribution in [1.29, 1.82) is 0 Å². The molecular weight excluding hydrogens is 298 g/mol. The Hall–Kier alpha value is -2.10. The average molecular weight is 312 g/mol. The Balaban J connectivity index is 1.89. The van der Waals surface area contributed by atoms with E-state index in [0.29, 0.717) is 5.69 Å². The second-order valence-corrected chi connectivity index (χ2v) is 5.92. The number of hydrogen-bond acceptors (Lipinski definition) is 3. The summed E-state index contributed by atoms with van der Waals surface area (Å²) in [7, 11) is 0. The van der Waals surface area contributed by atoms with Crippen molar-refractivity contribution in [2.24, 2.45) is 0 Å². The van der Waals surface area contributed by atoms with E-state index in [4.69, 9.17) is 16.1 Å². The van der Waals surface area contributed by atoms with E-state index in [1.54, 1.807) is 0 Å². The van der Waals surface area contributed by atoms with Gasteiger partial charge in [-0.25, -0.2) is 0 Å². The molecule has 2 aromatic carbocycles. The first-order valence-corrected chi connectivity index (χ1v) is 7.58. The van der Waals surface area contributed by atoms with Gasteiger partial charge in [-0.15, -0.1) is 0 Å². The van der Waals surface area contributed by atoms with Crippen LogP contribution >= 0.6 is 11.6 Å². The molecule has 1 unspecified atom stereocenters. The highest BCUT2D eigenvalue weighted by Crippen LogP contribution is 2.44. The van der Waals surface area contributed by atoms with E-state index in [1.165, 1.54) is 11.1 Å². The molecule has 0 radical (unpaired) electrons. The van der Waals surface area contributed by atoms with Gasteiger partial charge in [-0.1, -0.05) is 53.2 Å². The van der Waals surface area contributed by atoms with E-state index in [1.807, 2.05) is 24.3 Å². The molecule has 1 heterocycles. The van der Waals surface area contributed by atoms with Gasteiger partial charge in [0, 0.05) is 17.4 Å². The van der Waals surface area contributed by atoms with E-state index < -0.39 is 0 Å². The standard InChI is InChI=1S/C18H14ClNO2/c19-12-7-5-11(6-8-12)15-9-17-18(16(10-21)20-22-17)14-4-2-1-3-13(14)15/h1-8,15,21H,9-10H2.